The number of unbranched alkanes of at least 4 members (excludes halogenated alkanes) is 1. The Kier molecular flexibility index (Phi) is 4.25. The molecule has 5 nitrogen and oxygen atoms in total. The van der Waals surface area contributed by atoms with Crippen molar-refractivity contribution in [2.24, 2.45) is 7.05 Å². The molecule has 0 atom stereocenters. The first-order valence-corrected chi connectivity index (χ1v) is 4.76. The second kappa shape index (κ2) is 5.49. The van der Waals surface area contributed by atoms with E-state index in [0.717, 1.165) is 31.8 Å². The molecule has 0 unspecified atom stereocenters. The molecule has 0 fully saturated rings. The molecule has 14 heavy (non-hydrogen) atoms. The number of rotatable bonds is 6. The number of ether oxygens (including phenoxy) is 1. The van der Waals surface area contributed by atoms with Gasteiger partial charge in [-0.25, -0.2) is 0 Å². The molecule has 1 aromatic heterocycles. The SMILES string of the molecule is COCCCCNc1nn(C)cc1N. The van der Waals surface area contributed by atoms with E-state index in [1.807, 2.05) is 7.05 Å². The summed E-state index contributed by atoms with van der Waals surface area (Å²) in [5.74, 6) is 0.768. The molecule has 0 radical (unpaired) electrons. The van der Waals surface area contributed by atoms with Gasteiger partial charge in [-0.05, 0) is 12.8 Å². The lowest BCUT2D eigenvalue weighted by atomic mass is 10.3. The highest BCUT2D eigenvalue weighted by atomic mass is 16.5. The van der Waals surface area contributed by atoms with Crippen LogP contribution in [0.2, 0.25) is 0 Å². The average molecular weight is 198 g/mol. The minimum absolute atomic E-state index is 0.694. The lowest BCUT2D eigenvalue weighted by Gasteiger charge is -2.03. The third-order valence-electron chi connectivity index (χ3n) is 1.92. The van der Waals surface area contributed by atoms with Crippen LogP contribution >= 0.6 is 0 Å². The van der Waals surface area contributed by atoms with Gasteiger partial charge in [0.25, 0.3) is 0 Å². The summed E-state index contributed by atoms with van der Waals surface area (Å²) in [7, 11) is 3.57. The average Bonchev–Trinajstić information content (AvgIpc) is 2.45. The fourth-order valence-corrected chi connectivity index (χ4v) is 1.22. The number of nitrogens with two attached hydrogens (primary N) is 1. The Bertz CT molecular complexity index is 272. The van der Waals surface area contributed by atoms with Gasteiger partial charge in [-0.2, -0.15) is 5.10 Å². The molecule has 1 heterocycles. The van der Waals surface area contributed by atoms with E-state index < -0.39 is 0 Å². The molecule has 0 saturated carbocycles. The van der Waals surface area contributed by atoms with Gasteiger partial charge in [0.15, 0.2) is 5.82 Å². The Hall–Kier alpha value is -1.23. The molecule has 0 saturated heterocycles. The van der Waals surface area contributed by atoms with Gasteiger partial charge in [0, 0.05) is 33.5 Å². The predicted octanol–water partition coefficient (Wildman–Crippen LogP) is 0.841. The summed E-state index contributed by atoms with van der Waals surface area (Å²) in [6.45, 7) is 1.68. The Morgan fingerprint density at radius 1 is 1.57 bits per heavy atom. The van der Waals surface area contributed by atoms with Crippen LogP contribution in [0.3, 0.4) is 0 Å². The highest BCUT2D eigenvalue weighted by Gasteiger charge is 2.01. The second-order valence-electron chi connectivity index (χ2n) is 3.23. The number of nitrogens with one attached hydrogen (secondary N) is 1. The van der Waals surface area contributed by atoms with Gasteiger partial charge in [-0.3, -0.25) is 4.68 Å². The fraction of sp³-hybridized carbons (Fsp3) is 0.667. The Labute approximate surface area is 84.2 Å². The van der Waals surface area contributed by atoms with Crippen LogP contribution in [-0.4, -0.2) is 30.0 Å². The molecule has 0 aromatic carbocycles. The summed E-state index contributed by atoms with van der Waals surface area (Å²) < 4.78 is 6.65. The Morgan fingerprint density at radius 2 is 2.36 bits per heavy atom. The van der Waals surface area contributed by atoms with Crippen LogP contribution in [-0.2, 0) is 11.8 Å². The van der Waals surface area contributed by atoms with Crippen molar-refractivity contribution in [3.05, 3.63) is 6.20 Å². The van der Waals surface area contributed by atoms with E-state index in [9.17, 15) is 0 Å². The number of hydrogen-bond donors (Lipinski definition) is 2. The van der Waals surface area contributed by atoms with E-state index in [4.69, 9.17) is 10.5 Å². The number of methoxy groups -OCH3 is 1. The summed E-state index contributed by atoms with van der Waals surface area (Å²) in [5.41, 5.74) is 6.41. The molecule has 80 valence electrons. The van der Waals surface area contributed by atoms with Crippen LogP contribution < -0.4 is 11.1 Å². The zero-order valence-corrected chi connectivity index (χ0v) is 8.79. The quantitative estimate of drug-likeness (QED) is 0.665. The molecule has 0 aliphatic rings. The molecule has 0 aliphatic heterocycles. The van der Waals surface area contributed by atoms with Crippen molar-refractivity contribution >= 4 is 11.5 Å². The Morgan fingerprint density at radius 3 is 2.93 bits per heavy atom. The predicted molar refractivity (Wildman–Crippen MR) is 57.2 cm³/mol. The van der Waals surface area contributed by atoms with E-state index in [1.54, 1.807) is 18.0 Å². The molecule has 0 spiro atoms. The van der Waals surface area contributed by atoms with Crippen molar-refractivity contribution in [3.8, 4) is 0 Å². The lowest BCUT2D eigenvalue weighted by molar-refractivity contribution is 0.194. The molecular formula is C9H18N4O. The van der Waals surface area contributed by atoms with Gasteiger partial charge in [-0.15, -0.1) is 0 Å². The normalized spacial score (nSPS) is 10.4. The monoisotopic (exact) mass is 198 g/mol. The number of aryl methyl sites for hydroxylation is 1. The molecule has 0 bridgehead atoms. The fourth-order valence-electron chi connectivity index (χ4n) is 1.22. The molecule has 0 amide bonds. The molecule has 1 aromatic rings. The highest BCUT2D eigenvalue weighted by molar-refractivity contribution is 5.59. The van der Waals surface area contributed by atoms with Crippen molar-refractivity contribution in [3.63, 3.8) is 0 Å². The van der Waals surface area contributed by atoms with Gasteiger partial charge < -0.3 is 15.8 Å². The van der Waals surface area contributed by atoms with Crippen molar-refractivity contribution in [2.45, 2.75) is 12.8 Å². The second-order valence-corrected chi connectivity index (χ2v) is 3.23. The third kappa shape index (κ3) is 3.26. The first-order chi connectivity index (χ1) is 6.74. The van der Waals surface area contributed by atoms with E-state index in [-0.39, 0.29) is 0 Å². The van der Waals surface area contributed by atoms with Crippen LogP contribution in [0.15, 0.2) is 6.20 Å². The zero-order valence-electron chi connectivity index (χ0n) is 8.79. The van der Waals surface area contributed by atoms with E-state index in [0.29, 0.717) is 5.69 Å². The topological polar surface area (TPSA) is 65.1 Å². The van der Waals surface area contributed by atoms with Gasteiger partial charge in [-0.1, -0.05) is 0 Å². The van der Waals surface area contributed by atoms with E-state index in [1.165, 1.54) is 0 Å². The highest BCUT2D eigenvalue weighted by Crippen LogP contribution is 2.13. The van der Waals surface area contributed by atoms with Crippen molar-refractivity contribution in [2.75, 3.05) is 31.3 Å². The minimum atomic E-state index is 0.694. The van der Waals surface area contributed by atoms with Crippen LogP contribution in [0.5, 0.6) is 0 Å². The van der Waals surface area contributed by atoms with Crippen LogP contribution in [0.25, 0.3) is 0 Å². The smallest absolute Gasteiger partial charge is 0.171 e. The summed E-state index contributed by atoms with van der Waals surface area (Å²) in [5, 5.41) is 7.36. The first-order valence-electron chi connectivity index (χ1n) is 4.76. The maximum absolute atomic E-state index is 5.71. The maximum Gasteiger partial charge on any atom is 0.171 e. The maximum atomic E-state index is 5.71. The van der Waals surface area contributed by atoms with Crippen molar-refractivity contribution < 1.29 is 4.74 Å². The summed E-state index contributed by atoms with van der Waals surface area (Å²) in [6, 6.07) is 0. The number of anilines is 2. The van der Waals surface area contributed by atoms with Gasteiger partial charge >= 0.3 is 0 Å². The zero-order chi connectivity index (χ0) is 10.4. The van der Waals surface area contributed by atoms with Crippen molar-refractivity contribution in [1.29, 1.82) is 0 Å². The van der Waals surface area contributed by atoms with Crippen molar-refractivity contribution in [1.82, 2.24) is 9.78 Å². The molecule has 1 rings (SSSR count). The van der Waals surface area contributed by atoms with Gasteiger partial charge in [0.1, 0.15) is 0 Å². The van der Waals surface area contributed by atoms with E-state index in [2.05, 4.69) is 10.4 Å². The number of aromatic nitrogens is 2. The standard InChI is InChI=1S/C9H18N4O/c1-13-7-8(10)9(12-13)11-5-3-4-6-14-2/h7H,3-6,10H2,1-2H3,(H,11,12). The minimum Gasteiger partial charge on any atom is -0.394 e. The number of hydrogen-bond acceptors (Lipinski definition) is 4. The van der Waals surface area contributed by atoms with Gasteiger partial charge in [0.2, 0.25) is 0 Å². The van der Waals surface area contributed by atoms with Crippen LogP contribution in [0, 0.1) is 0 Å². The lowest BCUT2D eigenvalue weighted by Crippen LogP contribution is -2.05. The van der Waals surface area contributed by atoms with Gasteiger partial charge in [0.05, 0.1) is 5.69 Å². The largest absolute Gasteiger partial charge is 0.394 e. The number of nitrogens with zero attached hydrogens (tertiary/aromatic N) is 2. The van der Waals surface area contributed by atoms with E-state index >= 15 is 0 Å². The summed E-state index contributed by atoms with van der Waals surface area (Å²) in [4.78, 5) is 0. The molecule has 0 aliphatic carbocycles. The molecule has 5 heteroatoms. The first kappa shape index (κ1) is 10.8. The van der Waals surface area contributed by atoms with Crippen LogP contribution in [0.1, 0.15) is 12.8 Å². The molecule has 3 N–H and O–H groups in total. The summed E-state index contributed by atoms with van der Waals surface area (Å²) in [6.07, 6.45) is 3.90. The summed E-state index contributed by atoms with van der Waals surface area (Å²) >= 11 is 0. The Balaban J connectivity index is 2.21. The number of nitrogen functional groups attached to an aromatic ring is 1. The third-order valence-corrected chi connectivity index (χ3v) is 1.92. The van der Waals surface area contributed by atoms with Crippen LogP contribution in [0.4, 0.5) is 11.5 Å². The molecular weight excluding hydrogens is 180 g/mol.